The zero-order chi connectivity index (χ0) is 26.5. The maximum absolute atomic E-state index is 13.5. The highest BCUT2D eigenvalue weighted by molar-refractivity contribution is 5.96. The highest BCUT2D eigenvalue weighted by Gasteiger charge is 2.50. The third kappa shape index (κ3) is 5.65. The van der Waals surface area contributed by atoms with Gasteiger partial charge in [0.15, 0.2) is 0 Å². The molecular weight excluding hydrogens is 472 g/mol. The Hall–Kier alpha value is -3.36. The zero-order valence-corrected chi connectivity index (χ0v) is 21.6. The van der Waals surface area contributed by atoms with Crippen molar-refractivity contribution in [1.29, 1.82) is 0 Å². The molecular formula is C29H36N2O6. The molecule has 8 nitrogen and oxygen atoms in total. The molecule has 0 fully saturated rings. The predicted molar refractivity (Wildman–Crippen MR) is 139 cm³/mol. The molecule has 0 bridgehead atoms. The highest BCUT2D eigenvalue weighted by atomic mass is 16.5. The normalized spacial score (nSPS) is 21.9. The van der Waals surface area contributed by atoms with Gasteiger partial charge in [0.2, 0.25) is 11.8 Å². The standard InChI is InChI=1S/C29H36N2O6/c1-18(2)16-25(33)31(14-12-19-8-4-6-10-23(19)36-3)22-17-21(29(35)30-13-15-32)26-20-9-5-7-11-24(20)37-28(26)27(22)34/h4-11,17-18,22,26-28,32,34H,12-16H2,1-3H3,(H,30,35)/t22-,26+,27+,28+/m1/s1. The van der Waals surface area contributed by atoms with Crippen LogP contribution in [0.3, 0.4) is 0 Å². The molecule has 2 aliphatic rings. The first kappa shape index (κ1) is 26.7. The van der Waals surface area contributed by atoms with Gasteiger partial charge in [-0.1, -0.05) is 50.2 Å². The zero-order valence-electron chi connectivity index (χ0n) is 21.6. The van der Waals surface area contributed by atoms with Crippen LogP contribution in [0.4, 0.5) is 0 Å². The maximum Gasteiger partial charge on any atom is 0.247 e. The van der Waals surface area contributed by atoms with Crippen molar-refractivity contribution in [3.63, 3.8) is 0 Å². The van der Waals surface area contributed by atoms with Crippen LogP contribution in [-0.4, -0.2) is 72.0 Å². The largest absolute Gasteiger partial charge is 0.496 e. The molecule has 8 heteroatoms. The molecule has 0 saturated carbocycles. The molecule has 0 radical (unpaired) electrons. The van der Waals surface area contributed by atoms with Crippen LogP contribution >= 0.6 is 0 Å². The van der Waals surface area contributed by atoms with Crippen molar-refractivity contribution in [3.8, 4) is 11.5 Å². The molecule has 37 heavy (non-hydrogen) atoms. The second-order valence-corrected chi connectivity index (χ2v) is 9.93. The number of carbonyl (C=O) groups excluding carboxylic acids is 2. The average molecular weight is 509 g/mol. The minimum Gasteiger partial charge on any atom is -0.496 e. The van der Waals surface area contributed by atoms with Gasteiger partial charge < -0.3 is 29.9 Å². The van der Waals surface area contributed by atoms with Gasteiger partial charge in [-0.3, -0.25) is 9.59 Å². The Labute approximate surface area is 217 Å². The van der Waals surface area contributed by atoms with E-state index in [0.29, 0.717) is 30.7 Å². The molecule has 2 aromatic carbocycles. The summed E-state index contributed by atoms with van der Waals surface area (Å²) in [4.78, 5) is 28.4. The molecule has 2 amide bonds. The fraction of sp³-hybridized carbons (Fsp3) is 0.448. The molecule has 2 aromatic rings. The number of para-hydroxylation sites is 2. The lowest BCUT2D eigenvalue weighted by molar-refractivity contribution is -0.137. The quantitative estimate of drug-likeness (QED) is 0.455. The summed E-state index contributed by atoms with van der Waals surface area (Å²) in [6.07, 6.45) is 0.782. The fourth-order valence-electron chi connectivity index (χ4n) is 5.25. The van der Waals surface area contributed by atoms with Crippen LogP contribution in [0.2, 0.25) is 0 Å². The van der Waals surface area contributed by atoms with E-state index in [4.69, 9.17) is 9.47 Å². The van der Waals surface area contributed by atoms with Crippen molar-refractivity contribution in [3.05, 3.63) is 71.3 Å². The van der Waals surface area contributed by atoms with Crippen molar-refractivity contribution in [2.24, 2.45) is 5.92 Å². The maximum atomic E-state index is 13.5. The highest BCUT2D eigenvalue weighted by Crippen LogP contribution is 2.47. The predicted octanol–water partition coefficient (Wildman–Crippen LogP) is 2.44. The summed E-state index contributed by atoms with van der Waals surface area (Å²) in [5, 5.41) is 23.6. The van der Waals surface area contributed by atoms with Crippen molar-refractivity contribution in [2.45, 2.75) is 50.9 Å². The molecule has 1 heterocycles. The second kappa shape index (κ2) is 11.8. The number of hydrogen-bond acceptors (Lipinski definition) is 6. The molecule has 3 N–H and O–H groups in total. The van der Waals surface area contributed by atoms with Crippen molar-refractivity contribution >= 4 is 11.8 Å². The topological polar surface area (TPSA) is 108 Å². The minimum absolute atomic E-state index is 0.103. The Morgan fingerprint density at radius 3 is 2.59 bits per heavy atom. The molecule has 4 atom stereocenters. The van der Waals surface area contributed by atoms with Gasteiger partial charge in [-0.25, -0.2) is 0 Å². The van der Waals surface area contributed by atoms with Gasteiger partial charge in [0.05, 0.1) is 25.7 Å². The SMILES string of the molecule is COc1ccccc1CCN(C(=O)CC(C)C)[C@@H]1C=C(C(=O)NCCO)[C@@H]2c3ccccc3O[C@@H]2[C@H]1O. The van der Waals surface area contributed by atoms with Gasteiger partial charge >= 0.3 is 0 Å². The fourth-order valence-corrected chi connectivity index (χ4v) is 5.25. The van der Waals surface area contributed by atoms with Crippen LogP contribution in [0.1, 0.15) is 37.3 Å². The molecule has 4 rings (SSSR count). The Balaban J connectivity index is 1.71. The summed E-state index contributed by atoms with van der Waals surface area (Å²) < 4.78 is 11.7. The summed E-state index contributed by atoms with van der Waals surface area (Å²) in [6.45, 7) is 4.20. The van der Waals surface area contributed by atoms with Crippen molar-refractivity contribution in [2.75, 3.05) is 26.8 Å². The number of benzene rings is 2. The van der Waals surface area contributed by atoms with E-state index in [0.717, 1.165) is 16.9 Å². The van der Waals surface area contributed by atoms with E-state index < -0.39 is 24.2 Å². The van der Waals surface area contributed by atoms with Gasteiger partial charge in [-0.15, -0.1) is 0 Å². The first-order valence-electron chi connectivity index (χ1n) is 12.8. The van der Waals surface area contributed by atoms with Crippen LogP contribution < -0.4 is 14.8 Å². The van der Waals surface area contributed by atoms with Gasteiger partial charge in [0, 0.05) is 30.6 Å². The van der Waals surface area contributed by atoms with Crippen molar-refractivity contribution < 1.29 is 29.3 Å². The van der Waals surface area contributed by atoms with Crippen LogP contribution in [-0.2, 0) is 16.0 Å². The number of hydrogen-bond donors (Lipinski definition) is 3. The van der Waals surface area contributed by atoms with Gasteiger partial charge in [0.25, 0.3) is 0 Å². The van der Waals surface area contributed by atoms with Crippen LogP contribution in [0.25, 0.3) is 0 Å². The average Bonchev–Trinajstić information content (AvgIpc) is 3.28. The van der Waals surface area contributed by atoms with E-state index in [9.17, 15) is 19.8 Å². The molecule has 1 aliphatic carbocycles. The number of ether oxygens (including phenoxy) is 2. The van der Waals surface area contributed by atoms with Gasteiger partial charge in [-0.2, -0.15) is 0 Å². The Morgan fingerprint density at radius 2 is 1.86 bits per heavy atom. The van der Waals surface area contributed by atoms with E-state index in [2.05, 4.69) is 5.32 Å². The number of aliphatic hydroxyl groups excluding tert-OH is 2. The monoisotopic (exact) mass is 508 g/mol. The number of rotatable bonds is 10. The smallest absolute Gasteiger partial charge is 0.247 e. The number of aliphatic hydroxyl groups is 2. The van der Waals surface area contributed by atoms with E-state index in [1.54, 1.807) is 18.1 Å². The number of methoxy groups -OCH3 is 1. The third-order valence-electron chi connectivity index (χ3n) is 6.95. The van der Waals surface area contributed by atoms with E-state index in [1.807, 2.05) is 62.4 Å². The van der Waals surface area contributed by atoms with E-state index >= 15 is 0 Å². The summed E-state index contributed by atoms with van der Waals surface area (Å²) in [6, 6.07) is 14.3. The number of amides is 2. The minimum atomic E-state index is -1.04. The summed E-state index contributed by atoms with van der Waals surface area (Å²) in [5.74, 6) is 0.552. The van der Waals surface area contributed by atoms with Crippen LogP contribution in [0.5, 0.6) is 11.5 Å². The van der Waals surface area contributed by atoms with Crippen LogP contribution in [0.15, 0.2) is 60.2 Å². The molecule has 1 aliphatic heterocycles. The number of carbonyl (C=O) groups is 2. The van der Waals surface area contributed by atoms with E-state index in [1.165, 1.54) is 0 Å². The van der Waals surface area contributed by atoms with Crippen molar-refractivity contribution in [1.82, 2.24) is 10.2 Å². The number of nitrogens with one attached hydrogen (secondary N) is 1. The lowest BCUT2D eigenvalue weighted by Crippen LogP contribution is -2.56. The summed E-state index contributed by atoms with van der Waals surface area (Å²) in [5.41, 5.74) is 2.20. The van der Waals surface area contributed by atoms with Gasteiger partial charge in [-0.05, 0) is 36.1 Å². The molecule has 0 saturated heterocycles. The van der Waals surface area contributed by atoms with E-state index in [-0.39, 0.29) is 30.9 Å². The lowest BCUT2D eigenvalue weighted by atomic mass is 9.77. The Morgan fingerprint density at radius 1 is 1.14 bits per heavy atom. The first-order chi connectivity index (χ1) is 17.8. The number of nitrogens with zero attached hydrogens (tertiary/aromatic N) is 1. The molecule has 0 unspecified atom stereocenters. The first-order valence-corrected chi connectivity index (χ1v) is 12.8. The lowest BCUT2D eigenvalue weighted by Gasteiger charge is -2.41. The summed E-state index contributed by atoms with van der Waals surface area (Å²) >= 11 is 0. The Bertz CT molecular complexity index is 1150. The van der Waals surface area contributed by atoms with Gasteiger partial charge in [0.1, 0.15) is 23.7 Å². The summed E-state index contributed by atoms with van der Waals surface area (Å²) in [7, 11) is 1.61. The second-order valence-electron chi connectivity index (χ2n) is 9.93. The van der Waals surface area contributed by atoms with Crippen LogP contribution in [0, 0.1) is 5.92 Å². The number of fused-ring (bicyclic) bond motifs is 3. The molecule has 0 aromatic heterocycles. The third-order valence-corrected chi connectivity index (χ3v) is 6.95. The molecule has 0 spiro atoms. The molecule has 198 valence electrons. The Kier molecular flexibility index (Phi) is 8.51.